The molecule has 3 nitrogen and oxygen atoms in total. The summed E-state index contributed by atoms with van der Waals surface area (Å²) < 4.78 is 6.02. The smallest absolute Gasteiger partial charge is 0.0997 e. The van der Waals surface area contributed by atoms with E-state index in [0.717, 1.165) is 19.4 Å². The lowest BCUT2D eigenvalue weighted by Gasteiger charge is -2.32. The Morgan fingerprint density at radius 3 is 2.90 bits per heavy atom. The van der Waals surface area contributed by atoms with Crippen molar-refractivity contribution < 1.29 is 4.74 Å². The van der Waals surface area contributed by atoms with Crippen molar-refractivity contribution in [1.82, 2.24) is 5.43 Å². The number of nitrogens with one attached hydrogen (secondary N) is 1. The Labute approximate surface area is 126 Å². The Morgan fingerprint density at radius 1 is 1.24 bits per heavy atom. The van der Waals surface area contributed by atoms with Crippen molar-refractivity contribution in [3.8, 4) is 0 Å². The summed E-state index contributed by atoms with van der Waals surface area (Å²) in [5.41, 5.74) is 8.15. The number of aryl methyl sites for hydroxylation is 1. The number of hydrogen-bond acceptors (Lipinski definition) is 3. The molecule has 2 unspecified atom stereocenters. The van der Waals surface area contributed by atoms with E-state index >= 15 is 0 Å². The highest BCUT2D eigenvalue weighted by atomic mass is 16.5. The second-order valence-corrected chi connectivity index (χ2v) is 5.71. The predicted molar refractivity (Wildman–Crippen MR) is 84.8 cm³/mol. The molecule has 1 heterocycles. The maximum atomic E-state index is 6.02. The third-order valence-corrected chi connectivity index (χ3v) is 4.15. The summed E-state index contributed by atoms with van der Waals surface area (Å²) in [5, 5.41) is 0. The Bertz CT molecular complexity index is 612. The third kappa shape index (κ3) is 3.16. The fourth-order valence-electron chi connectivity index (χ4n) is 3.10. The molecule has 2 aromatic rings. The lowest BCUT2D eigenvalue weighted by atomic mass is 9.90. The molecule has 3 rings (SSSR count). The van der Waals surface area contributed by atoms with Gasteiger partial charge in [0, 0.05) is 0 Å². The zero-order valence-electron chi connectivity index (χ0n) is 12.4. The Kier molecular flexibility index (Phi) is 4.34. The van der Waals surface area contributed by atoms with Gasteiger partial charge in [-0.2, -0.15) is 0 Å². The van der Waals surface area contributed by atoms with Crippen LogP contribution < -0.4 is 11.3 Å². The zero-order valence-corrected chi connectivity index (χ0v) is 12.4. The van der Waals surface area contributed by atoms with E-state index < -0.39 is 0 Å². The van der Waals surface area contributed by atoms with Crippen LogP contribution in [0.5, 0.6) is 0 Å². The molecule has 2 aromatic carbocycles. The zero-order chi connectivity index (χ0) is 14.7. The number of nitrogens with two attached hydrogens (primary N) is 1. The molecule has 21 heavy (non-hydrogen) atoms. The monoisotopic (exact) mass is 282 g/mol. The number of rotatable bonds is 4. The van der Waals surface area contributed by atoms with Crippen LogP contribution in [-0.2, 0) is 17.6 Å². The minimum absolute atomic E-state index is 0.0143. The first-order chi connectivity index (χ1) is 10.3. The van der Waals surface area contributed by atoms with Crippen LogP contribution in [0.3, 0.4) is 0 Å². The fourth-order valence-corrected chi connectivity index (χ4v) is 3.10. The van der Waals surface area contributed by atoms with Crippen molar-refractivity contribution in [3.63, 3.8) is 0 Å². The molecule has 0 aliphatic carbocycles. The molecular weight excluding hydrogens is 260 g/mol. The van der Waals surface area contributed by atoms with Gasteiger partial charge in [0.15, 0.2) is 0 Å². The normalized spacial score (nSPS) is 19.0. The second kappa shape index (κ2) is 6.39. The van der Waals surface area contributed by atoms with Crippen LogP contribution in [0, 0.1) is 6.92 Å². The largest absolute Gasteiger partial charge is 0.371 e. The van der Waals surface area contributed by atoms with Crippen molar-refractivity contribution in [2.75, 3.05) is 6.61 Å². The van der Waals surface area contributed by atoms with Crippen LogP contribution in [-0.4, -0.2) is 12.6 Å². The summed E-state index contributed by atoms with van der Waals surface area (Å²) in [4.78, 5) is 0. The maximum Gasteiger partial charge on any atom is 0.0997 e. The highest BCUT2D eigenvalue weighted by molar-refractivity contribution is 5.33. The van der Waals surface area contributed by atoms with Crippen LogP contribution in [0.4, 0.5) is 0 Å². The molecule has 0 bridgehead atoms. The SMILES string of the molecule is Cc1cccc(CC(NN)C2OCCc3ccccc32)c1. The highest BCUT2D eigenvalue weighted by Gasteiger charge is 2.28. The van der Waals surface area contributed by atoms with Crippen molar-refractivity contribution >= 4 is 0 Å². The molecule has 1 aliphatic heterocycles. The van der Waals surface area contributed by atoms with Crippen molar-refractivity contribution in [3.05, 3.63) is 70.8 Å². The molecule has 0 spiro atoms. The standard InChI is InChI=1S/C18H22N2O/c1-13-5-4-6-14(11-13)12-17(20-19)18-16-8-3-2-7-15(16)9-10-21-18/h2-8,11,17-18,20H,9-10,12,19H2,1H3. The average molecular weight is 282 g/mol. The van der Waals surface area contributed by atoms with E-state index in [-0.39, 0.29) is 12.1 Å². The molecule has 0 aromatic heterocycles. The Balaban J connectivity index is 1.84. The van der Waals surface area contributed by atoms with E-state index in [9.17, 15) is 0 Å². The van der Waals surface area contributed by atoms with Crippen molar-refractivity contribution in [1.29, 1.82) is 0 Å². The molecule has 0 radical (unpaired) electrons. The molecule has 0 saturated heterocycles. The van der Waals surface area contributed by atoms with Crippen molar-refractivity contribution in [2.24, 2.45) is 5.84 Å². The van der Waals surface area contributed by atoms with Gasteiger partial charge in [0.1, 0.15) is 0 Å². The van der Waals surface area contributed by atoms with E-state index in [1.807, 2.05) is 0 Å². The number of hydrogen-bond donors (Lipinski definition) is 2. The molecule has 3 N–H and O–H groups in total. The van der Waals surface area contributed by atoms with Gasteiger partial charge in [-0.25, -0.2) is 0 Å². The Hall–Kier alpha value is -1.68. The molecule has 1 aliphatic rings. The van der Waals surface area contributed by atoms with Gasteiger partial charge in [-0.15, -0.1) is 0 Å². The molecule has 0 saturated carbocycles. The molecular formula is C18H22N2O. The minimum Gasteiger partial charge on any atom is -0.371 e. The third-order valence-electron chi connectivity index (χ3n) is 4.15. The fraction of sp³-hybridized carbons (Fsp3) is 0.333. The highest BCUT2D eigenvalue weighted by Crippen LogP contribution is 2.30. The van der Waals surface area contributed by atoms with Gasteiger partial charge in [-0.05, 0) is 36.5 Å². The average Bonchev–Trinajstić information content (AvgIpc) is 2.52. The summed E-state index contributed by atoms with van der Waals surface area (Å²) in [6, 6.07) is 17.1. The van der Waals surface area contributed by atoms with E-state index in [0.29, 0.717) is 0 Å². The Morgan fingerprint density at radius 2 is 2.10 bits per heavy atom. The van der Waals surface area contributed by atoms with Crippen molar-refractivity contribution in [2.45, 2.75) is 31.9 Å². The van der Waals surface area contributed by atoms with Gasteiger partial charge in [0.05, 0.1) is 18.8 Å². The predicted octanol–water partition coefficient (Wildman–Crippen LogP) is 2.68. The summed E-state index contributed by atoms with van der Waals surface area (Å²) in [6.07, 6.45) is 1.85. The van der Waals surface area contributed by atoms with Crippen LogP contribution in [0.25, 0.3) is 0 Å². The summed E-state index contributed by atoms with van der Waals surface area (Å²) >= 11 is 0. The van der Waals surface area contributed by atoms with E-state index in [4.69, 9.17) is 10.6 Å². The number of fused-ring (bicyclic) bond motifs is 1. The summed E-state index contributed by atoms with van der Waals surface area (Å²) in [6.45, 7) is 2.87. The van der Waals surface area contributed by atoms with E-state index in [2.05, 4.69) is 60.9 Å². The lowest BCUT2D eigenvalue weighted by molar-refractivity contribution is 0.0154. The second-order valence-electron chi connectivity index (χ2n) is 5.71. The van der Waals surface area contributed by atoms with Gasteiger partial charge >= 0.3 is 0 Å². The molecule has 0 fully saturated rings. The molecule has 0 amide bonds. The first kappa shape index (κ1) is 14.3. The topological polar surface area (TPSA) is 47.3 Å². The quantitative estimate of drug-likeness (QED) is 0.669. The van der Waals surface area contributed by atoms with Crippen LogP contribution in [0.2, 0.25) is 0 Å². The molecule has 2 atom stereocenters. The van der Waals surface area contributed by atoms with Gasteiger partial charge in [-0.1, -0.05) is 54.1 Å². The van der Waals surface area contributed by atoms with Gasteiger partial charge in [0.25, 0.3) is 0 Å². The number of hydrazine groups is 1. The van der Waals surface area contributed by atoms with Crippen LogP contribution in [0.15, 0.2) is 48.5 Å². The molecule has 3 heteroatoms. The van der Waals surface area contributed by atoms with Crippen LogP contribution >= 0.6 is 0 Å². The summed E-state index contributed by atoms with van der Waals surface area (Å²) in [5.74, 6) is 5.82. The summed E-state index contributed by atoms with van der Waals surface area (Å²) in [7, 11) is 0. The van der Waals surface area contributed by atoms with E-state index in [1.54, 1.807) is 0 Å². The number of benzene rings is 2. The molecule has 110 valence electrons. The van der Waals surface area contributed by atoms with Gasteiger partial charge in [-0.3, -0.25) is 11.3 Å². The maximum absolute atomic E-state index is 6.02. The first-order valence-corrected chi connectivity index (χ1v) is 7.49. The minimum atomic E-state index is 0.0143. The lowest BCUT2D eigenvalue weighted by Crippen LogP contribution is -2.43. The van der Waals surface area contributed by atoms with E-state index in [1.165, 1.54) is 22.3 Å². The van der Waals surface area contributed by atoms with Gasteiger partial charge < -0.3 is 4.74 Å². The van der Waals surface area contributed by atoms with Gasteiger partial charge in [0.2, 0.25) is 0 Å². The first-order valence-electron chi connectivity index (χ1n) is 7.49. The van der Waals surface area contributed by atoms with Crippen LogP contribution in [0.1, 0.15) is 28.4 Å². The number of ether oxygens (including phenoxy) is 1.